The molecule has 0 bridgehead atoms. The largest absolute Gasteiger partial charge is 0.497 e. The molecular formula is C14H17N3O2. The lowest BCUT2D eigenvalue weighted by atomic mass is 10.1. The number of anilines is 1. The number of methoxy groups -OCH3 is 2. The normalized spacial score (nSPS) is 10.1. The fourth-order valence-electron chi connectivity index (χ4n) is 1.76. The van der Waals surface area contributed by atoms with Crippen molar-refractivity contribution in [3.8, 4) is 22.8 Å². The fraction of sp³-hybridized carbons (Fsp3) is 0.286. The van der Waals surface area contributed by atoms with Crippen LogP contribution in [-0.4, -0.2) is 31.0 Å². The van der Waals surface area contributed by atoms with E-state index in [1.165, 1.54) is 0 Å². The van der Waals surface area contributed by atoms with Gasteiger partial charge in [0.05, 0.1) is 19.9 Å². The molecule has 100 valence electrons. The highest BCUT2D eigenvalue weighted by atomic mass is 16.5. The molecule has 5 heteroatoms. The van der Waals surface area contributed by atoms with E-state index in [0.717, 1.165) is 29.4 Å². The molecule has 1 aromatic carbocycles. The summed E-state index contributed by atoms with van der Waals surface area (Å²) in [6, 6.07) is 9.42. The molecule has 0 atom stereocenters. The Morgan fingerprint density at radius 3 is 2.47 bits per heavy atom. The van der Waals surface area contributed by atoms with Crippen LogP contribution in [0.4, 0.5) is 5.82 Å². The van der Waals surface area contributed by atoms with Gasteiger partial charge in [0.15, 0.2) is 0 Å². The molecule has 0 unspecified atom stereocenters. The van der Waals surface area contributed by atoms with Crippen molar-refractivity contribution in [2.45, 2.75) is 6.92 Å². The second kappa shape index (κ2) is 6.04. The van der Waals surface area contributed by atoms with Gasteiger partial charge in [-0.2, -0.15) is 0 Å². The lowest BCUT2D eigenvalue weighted by Gasteiger charge is -2.10. The molecule has 0 aliphatic carbocycles. The van der Waals surface area contributed by atoms with E-state index in [2.05, 4.69) is 15.5 Å². The van der Waals surface area contributed by atoms with Gasteiger partial charge in [-0.3, -0.25) is 0 Å². The summed E-state index contributed by atoms with van der Waals surface area (Å²) in [5, 5.41) is 11.4. The molecule has 1 aromatic heterocycles. The Balaban J connectivity index is 2.35. The van der Waals surface area contributed by atoms with E-state index in [1.807, 2.05) is 37.3 Å². The zero-order chi connectivity index (χ0) is 13.7. The average Bonchev–Trinajstić information content (AvgIpc) is 2.48. The Morgan fingerprint density at radius 2 is 1.89 bits per heavy atom. The number of aromatic nitrogens is 2. The molecule has 0 fully saturated rings. The first kappa shape index (κ1) is 13.1. The first-order valence-corrected chi connectivity index (χ1v) is 6.08. The van der Waals surface area contributed by atoms with Crippen molar-refractivity contribution >= 4 is 5.82 Å². The quantitative estimate of drug-likeness (QED) is 0.894. The van der Waals surface area contributed by atoms with Crippen LogP contribution in [0.2, 0.25) is 0 Å². The summed E-state index contributed by atoms with van der Waals surface area (Å²) in [4.78, 5) is 0. The molecule has 0 aliphatic heterocycles. The summed E-state index contributed by atoms with van der Waals surface area (Å²) in [6.07, 6.45) is 0. The molecule has 2 aromatic rings. The molecule has 0 spiro atoms. The molecule has 2 rings (SSSR count). The van der Waals surface area contributed by atoms with Gasteiger partial charge in [0.1, 0.15) is 17.3 Å². The smallest absolute Gasteiger partial charge is 0.148 e. The number of benzene rings is 1. The molecule has 1 heterocycles. The van der Waals surface area contributed by atoms with Gasteiger partial charge in [-0.1, -0.05) is 0 Å². The van der Waals surface area contributed by atoms with E-state index in [0.29, 0.717) is 5.75 Å². The van der Waals surface area contributed by atoms with E-state index in [4.69, 9.17) is 9.47 Å². The average molecular weight is 259 g/mol. The highest BCUT2D eigenvalue weighted by Crippen LogP contribution is 2.31. The van der Waals surface area contributed by atoms with Crippen molar-refractivity contribution in [2.75, 3.05) is 26.1 Å². The predicted octanol–water partition coefficient (Wildman–Crippen LogP) is 2.59. The Bertz CT molecular complexity index is 541. The Kier molecular flexibility index (Phi) is 4.18. The van der Waals surface area contributed by atoms with E-state index >= 15 is 0 Å². The van der Waals surface area contributed by atoms with Crippen LogP contribution in [0.5, 0.6) is 11.5 Å². The second-order valence-corrected chi connectivity index (χ2v) is 3.90. The minimum atomic E-state index is 0.713. The first-order valence-electron chi connectivity index (χ1n) is 6.08. The van der Waals surface area contributed by atoms with E-state index in [9.17, 15) is 0 Å². The van der Waals surface area contributed by atoms with Gasteiger partial charge in [0.25, 0.3) is 0 Å². The molecule has 0 amide bonds. The summed E-state index contributed by atoms with van der Waals surface area (Å²) in [6.45, 7) is 2.84. The molecule has 1 N–H and O–H groups in total. The van der Waals surface area contributed by atoms with Crippen molar-refractivity contribution in [1.82, 2.24) is 10.2 Å². The molecule has 0 saturated carbocycles. The van der Waals surface area contributed by atoms with Crippen LogP contribution in [0, 0.1) is 0 Å². The van der Waals surface area contributed by atoms with Crippen LogP contribution in [0.1, 0.15) is 6.92 Å². The van der Waals surface area contributed by atoms with Gasteiger partial charge >= 0.3 is 0 Å². The lowest BCUT2D eigenvalue weighted by Crippen LogP contribution is -2.01. The highest BCUT2D eigenvalue weighted by Gasteiger charge is 2.09. The van der Waals surface area contributed by atoms with Crippen molar-refractivity contribution in [3.05, 3.63) is 30.3 Å². The topological polar surface area (TPSA) is 56.3 Å². The van der Waals surface area contributed by atoms with Crippen molar-refractivity contribution in [2.24, 2.45) is 0 Å². The zero-order valence-corrected chi connectivity index (χ0v) is 11.3. The molecule has 0 radical (unpaired) electrons. The van der Waals surface area contributed by atoms with E-state index < -0.39 is 0 Å². The monoisotopic (exact) mass is 259 g/mol. The third kappa shape index (κ3) is 2.93. The number of hydrogen-bond acceptors (Lipinski definition) is 5. The summed E-state index contributed by atoms with van der Waals surface area (Å²) >= 11 is 0. The fourth-order valence-corrected chi connectivity index (χ4v) is 1.76. The van der Waals surface area contributed by atoms with Gasteiger partial charge < -0.3 is 14.8 Å². The first-order chi connectivity index (χ1) is 9.28. The molecular weight excluding hydrogens is 242 g/mol. The summed E-state index contributed by atoms with van der Waals surface area (Å²) in [7, 11) is 3.25. The third-order valence-electron chi connectivity index (χ3n) is 2.71. The number of rotatable bonds is 5. The van der Waals surface area contributed by atoms with Crippen LogP contribution in [0.25, 0.3) is 11.3 Å². The number of nitrogens with one attached hydrogen (secondary N) is 1. The minimum absolute atomic E-state index is 0.713. The summed E-state index contributed by atoms with van der Waals surface area (Å²) in [5.41, 5.74) is 1.65. The van der Waals surface area contributed by atoms with Crippen LogP contribution >= 0.6 is 0 Å². The maximum atomic E-state index is 5.36. The Labute approximate surface area is 112 Å². The van der Waals surface area contributed by atoms with Gasteiger partial charge in [0, 0.05) is 18.2 Å². The molecule has 0 aliphatic rings. The second-order valence-electron chi connectivity index (χ2n) is 3.90. The number of ether oxygens (including phenoxy) is 2. The van der Waals surface area contributed by atoms with Crippen LogP contribution in [0.15, 0.2) is 30.3 Å². The maximum Gasteiger partial charge on any atom is 0.148 e. The van der Waals surface area contributed by atoms with Gasteiger partial charge in [0.2, 0.25) is 0 Å². The Hall–Kier alpha value is -2.30. The zero-order valence-electron chi connectivity index (χ0n) is 11.3. The standard InChI is InChI=1S/C14H17N3O2/c1-4-15-14-8-7-12(16-17-14)11-6-5-10(18-2)9-13(11)19-3/h5-9H,4H2,1-3H3,(H,15,17). The highest BCUT2D eigenvalue weighted by molar-refractivity contribution is 5.68. The SMILES string of the molecule is CCNc1ccc(-c2ccc(OC)cc2OC)nn1. The summed E-state index contributed by atoms with van der Waals surface area (Å²) < 4.78 is 10.5. The predicted molar refractivity (Wildman–Crippen MR) is 74.7 cm³/mol. The molecule has 19 heavy (non-hydrogen) atoms. The number of hydrogen-bond donors (Lipinski definition) is 1. The lowest BCUT2D eigenvalue weighted by molar-refractivity contribution is 0.395. The van der Waals surface area contributed by atoms with Crippen molar-refractivity contribution in [1.29, 1.82) is 0 Å². The van der Waals surface area contributed by atoms with E-state index in [1.54, 1.807) is 14.2 Å². The van der Waals surface area contributed by atoms with Crippen LogP contribution in [0.3, 0.4) is 0 Å². The minimum Gasteiger partial charge on any atom is -0.497 e. The maximum absolute atomic E-state index is 5.36. The van der Waals surface area contributed by atoms with Crippen molar-refractivity contribution in [3.63, 3.8) is 0 Å². The van der Waals surface area contributed by atoms with Crippen LogP contribution < -0.4 is 14.8 Å². The van der Waals surface area contributed by atoms with Gasteiger partial charge in [-0.25, -0.2) is 0 Å². The van der Waals surface area contributed by atoms with E-state index in [-0.39, 0.29) is 0 Å². The number of nitrogens with zero attached hydrogens (tertiary/aromatic N) is 2. The third-order valence-corrected chi connectivity index (χ3v) is 2.71. The molecule has 5 nitrogen and oxygen atoms in total. The molecule has 0 saturated heterocycles. The van der Waals surface area contributed by atoms with Gasteiger partial charge in [-0.05, 0) is 31.2 Å². The summed E-state index contributed by atoms with van der Waals surface area (Å²) in [5.74, 6) is 2.22. The van der Waals surface area contributed by atoms with Crippen molar-refractivity contribution < 1.29 is 9.47 Å². The Morgan fingerprint density at radius 1 is 1.05 bits per heavy atom. The van der Waals surface area contributed by atoms with Crippen LogP contribution in [-0.2, 0) is 0 Å². The van der Waals surface area contributed by atoms with Gasteiger partial charge in [-0.15, -0.1) is 10.2 Å².